The second kappa shape index (κ2) is 41.8. The number of ether oxygens (including phenoxy) is 5. The minimum atomic E-state index is -1.98. The van der Waals surface area contributed by atoms with Crippen molar-refractivity contribution < 1.29 is 88.4 Å². The number of benzene rings is 4. The first-order valence-electron chi connectivity index (χ1n) is 40.9. The first-order valence-corrected chi connectivity index (χ1v) is 41.3. The summed E-state index contributed by atoms with van der Waals surface area (Å²) in [5.41, 5.74) is 32.1. The number of halogens is 2. The minimum Gasteiger partial charge on any atom is -0.480 e. The Morgan fingerprint density at radius 2 is 1.47 bits per heavy atom. The van der Waals surface area contributed by atoms with Gasteiger partial charge in [-0.1, -0.05) is 116 Å². The Bertz CT molecular complexity index is 4210. The lowest BCUT2D eigenvalue weighted by molar-refractivity contribution is -0.299. The fourth-order valence-electron chi connectivity index (χ4n) is 18.6. The van der Waals surface area contributed by atoms with Crippen LogP contribution in [-0.2, 0) is 51.0 Å². The minimum absolute atomic E-state index is 0.0676. The summed E-state index contributed by atoms with van der Waals surface area (Å²) < 4.78 is 47.0. The Morgan fingerprint density at radius 3 is 2.08 bits per heavy atom. The van der Waals surface area contributed by atoms with Gasteiger partial charge in [-0.05, 0) is 156 Å². The highest BCUT2D eigenvalue weighted by atomic mass is 35.5. The largest absolute Gasteiger partial charge is 0.480 e. The molecule has 4 aromatic carbocycles. The van der Waals surface area contributed by atoms with E-state index in [9.17, 15) is 55.2 Å². The lowest BCUT2D eigenvalue weighted by atomic mass is 9.44. The van der Waals surface area contributed by atoms with Gasteiger partial charge in [0.15, 0.2) is 29.8 Å². The number of nitrogens with zero attached hydrogens (tertiary/aromatic N) is 6. The van der Waals surface area contributed by atoms with E-state index in [1.54, 1.807) is 39.5 Å². The number of aliphatic hydroxyl groups is 8. The number of allylic oxidation sites excluding steroid dienone is 4. The van der Waals surface area contributed by atoms with E-state index in [4.69, 9.17) is 69.1 Å². The molecule has 6 aromatic rings. The third-order valence-corrected chi connectivity index (χ3v) is 25.8. The molecular weight excluding hydrogens is 1540 g/mol. The Balaban J connectivity index is 0.000000159. The number of nitrogens with two attached hydrogens (primary N) is 5. The number of aromatic nitrogens is 4. The van der Waals surface area contributed by atoms with Crippen LogP contribution >= 0.6 is 11.6 Å². The fraction of sp³-hybridized carbons (Fsp3) is 0.593. The number of piperazine rings is 1. The predicted molar refractivity (Wildman–Crippen MR) is 443 cm³/mol. The second-order valence-corrected chi connectivity index (χ2v) is 33.8. The second-order valence-electron chi connectivity index (χ2n) is 33.4. The number of rotatable bonds is 24. The lowest BCUT2D eigenvalue weighted by Gasteiger charge is -2.62. The predicted octanol–water partition coefficient (Wildman–Crippen LogP) is 3.02. The molecule has 24 atom stereocenters. The summed E-state index contributed by atoms with van der Waals surface area (Å²) in [4.78, 5) is 49.2. The van der Waals surface area contributed by atoms with Gasteiger partial charge in [0.25, 0.3) is 0 Å². The van der Waals surface area contributed by atoms with Gasteiger partial charge in [-0.3, -0.25) is 19.4 Å². The average molecular weight is 1670 g/mol. The van der Waals surface area contributed by atoms with E-state index >= 15 is 4.39 Å². The number of hydrogen-bond donors (Lipinski definition) is 16. The molecular formula is C86H125ClFN13O17. The van der Waals surface area contributed by atoms with E-state index in [1.165, 1.54) is 45.3 Å². The van der Waals surface area contributed by atoms with Crippen molar-refractivity contribution >= 4 is 40.0 Å². The first kappa shape index (κ1) is 93.5. The molecule has 650 valence electrons. The van der Waals surface area contributed by atoms with Crippen molar-refractivity contribution in [3.05, 3.63) is 179 Å². The zero-order valence-electron chi connectivity index (χ0n) is 68.6. The van der Waals surface area contributed by atoms with Gasteiger partial charge in [-0.2, -0.15) is 5.10 Å². The number of aromatic amines is 1. The highest BCUT2D eigenvalue weighted by Crippen LogP contribution is 2.71. The number of carboxylic acid groups (broad SMARTS) is 1. The number of ketones is 2. The van der Waals surface area contributed by atoms with Crippen molar-refractivity contribution in [1.29, 1.82) is 0 Å². The molecule has 0 radical (unpaired) electrons. The standard InChI is InChI=1S/C22H29FO5.C21H25ClN2O3.C18H37N5O8.C15H19N5.C10H15NO/c1-12-8-16-15-5-4-13-9-14(25)6-7-19(13,2)21(15,23)17(26)10-20(16,3)22(12,28)18(27)11-24;22-19-8-6-18(7-9-19)21(17-4-2-1-3-5-17)24-12-10-23(11-13-24)14-15-27-16-20(25)26;19-4-12-9(25)2-8(22)17(30-12)28-10-3-11(7(21)1-6(10)20)29-18-16(27)14(23)15(26)13(5-24)31-18;1-19(2)6-5-13-8-17-15-4-3-12(7-14(13)15)9-20-11-16-10-18-20;1-8(11-2)10(12)9-6-4-3-5-7-9/h6-7,9,12,15-17,24,26,28H,4-5,8,10-11H2,1-3H3;1-9,21H,10-16H2,(H,25,26);6-18,24-27H,1-5,19-23H2;3-4,7-8,10-11,17H,5-6,9H2,1-2H3;3-8,10-12H,1-2H3/t12-,15+,16+,17+,19+,20+,21+,22+;;;;8-,10+/m1...0/s1. The van der Waals surface area contributed by atoms with Crippen molar-refractivity contribution in [2.75, 3.05) is 93.4 Å². The SMILES string of the molecule is CN(C)CCc1c[nH]c2ccc(Cn3cncn3)cc12.CN[C@@H](C)[C@@H](O)c1ccccc1.C[C@@H]1C[C@H]2[C@@H]3CCC4=CC(=O)C=C[C@]4(C)[C@@]3(F)[C@@H](O)C[C@]2(C)[C@@]1(O)C(=O)CO.NCC1OC(OC2CC(OC3OC(CO)C(O)C(N)C3O)C(N)CC2N)C(N)CC1O.O=C(O)COCCN1CCN(C(c2ccccc2)c2ccc(Cl)cc2)CC1. The summed E-state index contributed by atoms with van der Waals surface area (Å²) in [6, 6.07) is 32.6. The number of nitrogens with one attached hydrogen (secondary N) is 2. The van der Waals surface area contributed by atoms with Crippen LogP contribution < -0.4 is 34.0 Å². The molecule has 8 aliphatic rings. The summed E-state index contributed by atoms with van der Waals surface area (Å²) in [5.74, 6) is -3.04. The molecule has 14 rings (SSSR count). The fourth-order valence-corrected chi connectivity index (χ4v) is 18.7. The quantitative estimate of drug-likeness (QED) is 0.0387. The summed E-state index contributed by atoms with van der Waals surface area (Å²) in [6.45, 7) is 12.6. The van der Waals surface area contributed by atoms with Crippen molar-refractivity contribution in [1.82, 2.24) is 39.8 Å². The number of alkyl halides is 1. The molecule has 14 unspecified atom stereocenters. The number of Topliss-reactive ketones (excluding diaryl/α,β-unsaturated/α-hetero) is 1. The van der Waals surface area contributed by atoms with Gasteiger partial charge >= 0.3 is 5.97 Å². The molecule has 5 heterocycles. The Hall–Kier alpha value is -6.81. The zero-order valence-corrected chi connectivity index (χ0v) is 69.3. The monoisotopic (exact) mass is 1670 g/mol. The van der Waals surface area contributed by atoms with Gasteiger partial charge in [0.05, 0.1) is 74.5 Å². The van der Waals surface area contributed by atoms with Gasteiger partial charge in [0, 0.05) is 109 Å². The van der Waals surface area contributed by atoms with Gasteiger partial charge in [-0.15, -0.1) is 0 Å². The maximum absolute atomic E-state index is 16.9. The number of carbonyl (C=O) groups is 3. The van der Waals surface area contributed by atoms with Crippen LogP contribution in [0.3, 0.4) is 0 Å². The molecule has 21 N–H and O–H groups in total. The molecule has 3 aliphatic heterocycles. The number of aliphatic hydroxyl groups excluding tert-OH is 7. The number of H-pyrrole nitrogens is 1. The van der Waals surface area contributed by atoms with E-state index in [1.807, 2.05) is 67.2 Å². The zero-order chi connectivity index (χ0) is 85.6. The number of carbonyl (C=O) groups excluding carboxylic acids is 2. The van der Waals surface area contributed by atoms with Gasteiger partial charge in [-0.25, -0.2) is 18.9 Å². The van der Waals surface area contributed by atoms with Gasteiger partial charge in [0.1, 0.15) is 49.8 Å². The molecule has 5 aliphatic carbocycles. The highest BCUT2D eigenvalue weighted by molar-refractivity contribution is 6.30. The van der Waals surface area contributed by atoms with E-state index in [0.29, 0.717) is 37.9 Å². The smallest absolute Gasteiger partial charge is 0.329 e. The molecule has 7 fully saturated rings. The van der Waals surface area contributed by atoms with E-state index in [0.717, 1.165) is 62.8 Å². The third-order valence-electron chi connectivity index (χ3n) is 25.5. The van der Waals surface area contributed by atoms with Crippen LogP contribution in [0.15, 0.2) is 146 Å². The van der Waals surface area contributed by atoms with Crippen LogP contribution in [0.4, 0.5) is 4.39 Å². The van der Waals surface area contributed by atoms with E-state index in [-0.39, 0.29) is 56.2 Å². The number of likely N-dealkylation sites (N-methyl/N-ethyl adjacent to an activating group) is 2. The van der Waals surface area contributed by atoms with E-state index in [2.05, 4.69) is 110 Å². The van der Waals surface area contributed by atoms with Crippen LogP contribution in [0, 0.1) is 28.6 Å². The third kappa shape index (κ3) is 21.4. The van der Waals surface area contributed by atoms with Crippen molar-refractivity contribution in [2.24, 2.45) is 57.3 Å². The molecule has 0 bridgehead atoms. The van der Waals surface area contributed by atoms with E-state index < -0.39 is 151 Å². The van der Waals surface area contributed by atoms with Gasteiger partial charge in [0.2, 0.25) is 0 Å². The maximum Gasteiger partial charge on any atom is 0.329 e. The molecule has 3 saturated heterocycles. The van der Waals surface area contributed by atoms with Crippen LogP contribution in [0.5, 0.6) is 0 Å². The van der Waals surface area contributed by atoms with Crippen molar-refractivity contribution in [3.63, 3.8) is 0 Å². The number of aliphatic carboxylic acids is 1. The summed E-state index contributed by atoms with van der Waals surface area (Å²) in [6.07, 6.45) is 3.37. The molecule has 0 spiro atoms. The lowest BCUT2D eigenvalue weighted by Crippen LogP contribution is -2.69. The first-order chi connectivity index (χ1) is 56.2. The molecule has 118 heavy (non-hydrogen) atoms. The Morgan fingerprint density at radius 1 is 0.831 bits per heavy atom. The molecule has 0 amide bonds. The molecule has 32 heteroatoms. The Labute approximate surface area is 694 Å². The van der Waals surface area contributed by atoms with Crippen molar-refractivity contribution in [2.45, 2.75) is 201 Å². The number of hydrogen-bond acceptors (Lipinski definition) is 27. The van der Waals surface area contributed by atoms with Crippen LogP contribution in [0.25, 0.3) is 10.9 Å². The van der Waals surface area contributed by atoms with Crippen LogP contribution in [0.1, 0.15) is 113 Å². The number of fused-ring (bicyclic) bond motifs is 6. The van der Waals surface area contributed by atoms with Crippen LogP contribution in [-0.4, -0.2) is 294 Å². The normalized spacial score (nSPS) is 33.4. The van der Waals surface area contributed by atoms with Crippen LogP contribution in [0.2, 0.25) is 5.02 Å². The molecule has 4 saturated carbocycles. The summed E-state index contributed by atoms with van der Waals surface area (Å²) in [5, 5.41) is 99.3. The number of carboxylic acids is 1. The summed E-state index contributed by atoms with van der Waals surface area (Å²) >= 11 is 6.08. The maximum atomic E-state index is 16.9. The topological polar surface area (TPSA) is 478 Å². The Kier molecular flexibility index (Phi) is 33.1. The highest BCUT2D eigenvalue weighted by Gasteiger charge is 2.75. The summed E-state index contributed by atoms with van der Waals surface area (Å²) in [7, 11) is 6.05. The molecule has 30 nitrogen and oxygen atoms in total. The van der Waals surface area contributed by atoms with Gasteiger partial charge < -0.3 is 114 Å². The van der Waals surface area contributed by atoms with Crippen molar-refractivity contribution in [3.8, 4) is 0 Å². The average Bonchev–Trinajstić information content (AvgIpc) is 1.47. The molecule has 2 aromatic heterocycles.